The highest BCUT2D eigenvalue weighted by Crippen LogP contribution is 2.01. The standard InChI is InChI=1S/C9H12N4O5/c1-2-18-8(15)4-3-7(14)5-12-6-10-9(11-12)13(16)17/h6H,2-5H2,1H3. The Hall–Kier alpha value is -2.32. The zero-order valence-electron chi connectivity index (χ0n) is 9.74. The normalized spacial score (nSPS) is 10.1. The van der Waals surface area contributed by atoms with Crippen molar-refractivity contribution in [2.75, 3.05) is 6.61 Å². The molecular formula is C9H12N4O5. The molecule has 0 amide bonds. The quantitative estimate of drug-likeness (QED) is 0.385. The summed E-state index contributed by atoms with van der Waals surface area (Å²) in [5, 5.41) is 13.8. The number of ether oxygens (including phenoxy) is 1. The molecule has 98 valence electrons. The van der Waals surface area contributed by atoms with Crippen molar-refractivity contribution in [2.45, 2.75) is 26.3 Å². The Morgan fingerprint density at radius 2 is 2.22 bits per heavy atom. The first-order chi connectivity index (χ1) is 8.52. The van der Waals surface area contributed by atoms with Crippen LogP contribution in [0, 0.1) is 10.1 Å². The van der Waals surface area contributed by atoms with Gasteiger partial charge < -0.3 is 14.9 Å². The van der Waals surface area contributed by atoms with Crippen LogP contribution in [0.3, 0.4) is 0 Å². The summed E-state index contributed by atoms with van der Waals surface area (Å²) in [6.45, 7) is 1.79. The van der Waals surface area contributed by atoms with E-state index in [4.69, 9.17) is 0 Å². The average Bonchev–Trinajstić information content (AvgIpc) is 2.75. The molecule has 0 N–H and O–H groups in total. The number of esters is 1. The lowest BCUT2D eigenvalue weighted by Crippen LogP contribution is -2.13. The lowest BCUT2D eigenvalue weighted by Gasteiger charge is -2.00. The highest BCUT2D eigenvalue weighted by molar-refractivity contribution is 5.82. The van der Waals surface area contributed by atoms with Crippen LogP contribution in [-0.4, -0.2) is 38.0 Å². The number of hydrogen-bond donors (Lipinski definition) is 0. The van der Waals surface area contributed by atoms with Crippen molar-refractivity contribution in [1.29, 1.82) is 0 Å². The summed E-state index contributed by atoms with van der Waals surface area (Å²) < 4.78 is 5.72. The number of nitrogens with zero attached hydrogens (tertiary/aromatic N) is 4. The largest absolute Gasteiger partial charge is 0.490 e. The van der Waals surface area contributed by atoms with Gasteiger partial charge in [0.25, 0.3) is 0 Å². The van der Waals surface area contributed by atoms with Gasteiger partial charge >= 0.3 is 11.9 Å². The fourth-order valence-corrected chi connectivity index (χ4v) is 1.18. The molecule has 0 aliphatic heterocycles. The Morgan fingerprint density at radius 1 is 1.50 bits per heavy atom. The lowest BCUT2D eigenvalue weighted by molar-refractivity contribution is -0.394. The molecule has 0 aromatic carbocycles. The summed E-state index contributed by atoms with van der Waals surface area (Å²) in [4.78, 5) is 35.4. The minimum absolute atomic E-state index is 0.00644. The van der Waals surface area contributed by atoms with Crippen LogP contribution in [0.2, 0.25) is 0 Å². The van der Waals surface area contributed by atoms with Crippen molar-refractivity contribution in [2.24, 2.45) is 0 Å². The molecule has 1 rings (SSSR count). The van der Waals surface area contributed by atoms with Crippen molar-refractivity contribution in [3.05, 3.63) is 16.4 Å². The van der Waals surface area contributed by atoms with E-state index in [9.17, 15) is 19.7 Å². The Morgan fingerprint density at radius 3 is 2.78 bits per heavy atom. The van der Waals surface area contributed by atoms with Gasteiger partial charge in [-0.05, 0) is 11.8 Å². The molecule has 9 heteroatoms. The fourth-order valence-electron chi connectivity index (χ4n) is 1.18. The summed E-state index contributed by atoms with van der Waals surface area (Å²) >= 11 is 0. The first kappa shape index (κ1) is 13.7. The fraction of sp³-hybridized carbons (Fsp3) is 0.556. The maximum Gasteiger partial charge on any atom is 0.490 e. The first-order valence-corrected chi connectivity index (χ1v) is 5.24. The molecule has 0 unspecified atom stereocenters. The van der Waals surface area contributed by atoms with E-state index < -0.39 is 16.8 Å². The molecule has 0 bridgehead atoms. The second-order valence-corrected chi connectivity index (χ2v) is 3.34. The van der Waals surface area contributed by atoms with E-state index in [1.54, 1.807) is 6.92 Å². The van der Waals surface area contributed by atoms with E-state index in [0.717, 1.165) is 11.0 Å². The van der Waals surface area contributed by atoms with Gasteiger partial charge in [-0.2, -0.15) is 4.68 Å². The van der Waals surface area contributed by atoms with E-state index in [0.29, 0.717) is 0 Å². The van der Waals surface area contributed by atoms with Crippen molar-refractivity contribution in [1.82, 2.24) is 14.8 Å². The predicted octanol–water partition coefficient (Wildman–Crippen LogP) is 0.0987. The molecule has 0 aliphatic carbocycles. The Labute approximate surface area is 102 Å². The smallest absolute Gasteiger partial charge is 0.466 e. The number of aromatic nitrogens is 3. The lowest BCUT2D eigenvalue weighted by atomic mass is 10.2. The monoisotopic (exact) mass is 256 g/mol. The van der Waals surface area contributed by atoms with E-state index >= 15 is 0 Å². The number of ketones is 1. The molecule has 1 aromatic heterocycles. The van der Waals surface area contributed by atoms with Crippen LogP contribution in [0.4, 0.5) is 5.95 Å². The maximum atomic E-state index is 11.4. The number of carbonyl (C=O) groups excluding carboxylic acids is 2. The second kappa shape index (κ2) is 6.42. The molecule has 0 spiro atoms. The molecule has 0 fully saturated rings. The van der Waals surface area contributed by atoms with Crippen molar-refractivity contribution < 1.29 is 19.2 Å². The van der Waals surface area contributed by atoms with Gasteiger partial charge in [0.15, 0.2) is 5.78 Å². The molecular weight excluding hydrogens is 244 g/mol. The van der Waals surface area contributed by atoms with Crippen molar-refractivity contribution in [3.63, 3.8) is 0 Å². The third kappa shape index (κ3) is 4.28. The first-order valence-electron chi connectivity index (χ1n) is 5.24. The number of carbonyl (C=O) groups is 2. The van der Waals surface area contributed by atoms with Gasteiger partial charge in [0, 0.05) is 11.5 Å². The second-order valence-electron chi connectivity index (χ2n) is 3.34. The molecule has 1 heterocycles. The summed E-state index contributed by atoms with van der Waals surface area (Å²) in [5.41, 5.74) is 0. The topological polar surface area (TPSA) is 117 Å². The number of rotatable bonds is 7. The zero-order valence-corrected chi connectivity index (χ0v) is 9.74. The number of Topliss-reactive ketones (excluding diaryl/α,β-unsaturated/α-hetero) is 1. The molecule has 9 nitrogen and oxygen atoms in total. The SMILES string of the molecule is CCOC(=O)CCC(=O)Cn1cnc([N+](=O)[O-])n1. The summed E-state index contributed by atoms with van der Waals surface area (Å²) in [6, 6.07) is 0. The third-order valence-electron chi connectivity index (χ3n) is 1.94. The van der Waals surface area contributed by atoms with Crippen molar-refractivity contribution in [3.8, 4) is 0 Å². The zero-order chi connectivity index (χ0) is 13.5. The molecule has 0 saturated carbocycles. The van der Waals surface area contributed by atoms with Gasteiger partial charge in [0.1, 0.15) is 6.54 Å². The molecule has 1 aromatic rings. The van der Waals surface area contributed by atoms with Gasteiger partial charge in [-0.3, -0.25) is 9.59 Å². The van der Waals surface area contributed by atoms with Crippen LogP contribution >= 0.6 is 0 Å². The highest BCUT2D eigenvalue weighted by Gasteiger charge is 2.15. The summed E-state index contributed by atoms with van der Waals surface area (Å²) in [5.74, 6) is -1.29. The highest BCUT2D eigenvalue weighted by atomic mass is 16.6. The minimum Gasteiger partial charge on any atom is -0.466 e. The van der Waals surface area contributed by atoms with Gasteiger partial charge in [-0.1, -0.05) is 4.98 Å². The van der Waals surface area contributed by atoms with Crippen molar-refractivity contribution >= 4 is 17.7 Å². The van der Waals surface area contributed by atoms with E-state index in [-0.39, 0.29) is 31.8 Å². The van der Waals surface area contributed by atoms with Gasteiger partial charge in [-0.15, -0.1) is 0 Å². The summed E-state index contributed by atoms with van der Waals surface area (Å²) in [6.07, 6.45) is 1.09. The third-order valence-corrected chi connectivity index (χ3v) is 1.94. The Bertz CT molecular complexity index is 456. The maximum absolute atomic E-state index is 11.4. The summed E-state index contributed by atoms with van der Waals surface area (Å²) in [7, 11) is 0. The van der Waals surface area contributed by atoms with Gasteiger partial charge in [-0.25, -0.2) is 0 Å². The molecule has 0 aliphatic rings. The number of nitro groups is 1. The number of hydrogen-bond acceptors (Lipinski definition) is 7. The predicted molar refractivity (Wildman–Crippen MR) is 57.6 cm³/mol. The van der Waals surface area contributed by atoms with E-state index in [1.165, 1.54) is 0 Å². The van der Waals surface area contributed by atoms with Crippen LogP contribution in [-0.2, 0) is 20.9 Å². The van der Waals surface area contributed by atoms with Crippen LogP contribution in [0.25, 0.3) is 0 Å². The van der Waals surface area contributed by atoms with E-state index in [1.807, 2.05) is 0 Å². The van der Waals surface area contributed by atoms with Crippen LogP contribution in [0.5, 0.6) is 0 Å². The Kier molecular flexibility index (Phi) is 4.90. The van der Waals surface area contributed by atoms with E-state index in [2.05, 4.69) is 14.8 Å². The minimum atomic E-state index is -0.750. The Balaban J connectivity index is 2.39. The molecule has 0 saturated heterocycles. The van der Waals surface area contributed by atoms with Crippen LogP contribution in [0.1, 0.15) is 19.8 Å². The molecule has 0 radical (unpaired) electrons. The molecule has 0 atom stereocenters. The average molecular weight is 256 g/mol. The van der Waals surface area contributed by atoms with Crippen LogP contribution in [0.15, 0.2) is 6.33 Å². The molecule has 18 heavy (non-hydrogen) atoms. The van der Waals surface area contributed by atoms with Crippen LogP contribution < -0.4 is 0 Å². The van der Waals surface area contributed by atoms with Gasteiger partial charge in [0.05, 0.1) is 13.0 Å². The van der Waals surface area contributed by atoms with Gasteiger partial charge in [0.2, 0.25) is 6.33 Å².